The molecule has 0 saturated heterocycles. The molecule has 4 nitrogen and oxygen atoms in total. The molecule has 13 heavy (non-hydrogen) atoms. The van der Waals surface area contributed by atoms with E-state index >= 15 is 0 Å². The number of aliphatic hydroxyl groups is 1. The first-order chi connectivity index (χ1) is 6.24. The molecular weight excluding hydrogens is 166 g/mol. The Labute approximate surface area is 77.6 Å². The lowest BCUT2D eigenvalue weighted by Gasteiger charge is -2.32. The third-order valence-corrected chi connectivity index (χ3v) is 2.47. The number of aromatic nitrogens is 2. The molecule has 0 aliphatic heterocycles. The van der Waals surface area contributed by atoms with Gasteiger partial charge in [-0.1, -0.05) is 0 Å². The molecule has 1 aliphatic rings. The van der Waals surface area contributed by atoms with Crippen molar-refractivity contribution in [1.29, 1.82) is 0 Å². The van der Waals surface area contributed by atoms with Crippen molar-refractivity contribution in [3.05, 3.63) is 18.0 Å². The van der Waals surface area contributed by atoms with Crippen LogP contribution in [0.15, 0.2) is 12.4 Å². The zero-order valence-corrected chi connectivity index (χ0v) is 7.77. The number of aliphatic hydroxyl groups excluding tert-OH is 1. The summed E-state index contributed by atoms with van der Waals surface area (Å²) in [6, 6.07) is 0.496. The van der Waals surface area contributed by atoms with Crippen LogP contribution in [0.2, 0.25) is 0 Å². The molecule has 1 heterocycles. The van der Waals surface area contributed by atoms with Gasteiger partial charge in [0.05, 0.1) is 12.3 Å². The summed E-state index contributed by atoms with van der Waals surface area (Å²) in [5.74, 6) is 0. The molecule has 1 aliphatic carbocycles. The van der Waals surface area contributed by atoms with E-state index in [-0.39, 0.29) is 6.10 Å². The Morgan fingerprint density at radius 1 is 1.69 bits per heavy atom. The summed E-state index contributed by atoms with van der Waals surface area (Å²) >= 11 is 0. The summed E-state index contributed by atoms with van der Waals surface area (Å²) in [5.41, 5.74) is 1.20. The minimum absolute atomic E-state index is 0.0774. The lowest BCUT2D eigenvalue weighted by atomic mass is 9.89. The molecule has 0 spiro atoms. The van der Waals surface area contributed by atoms with Gasteiger partial charge in [0, 0.05) is 31.4 Å². The van der Waals surface area contributed by atoms with Gasteiger partial charge in [-0.05, 0) is 12.8 Å². The second-order valence-corrected chi connectivity index (χ2v) is 3.73. The smallest absolute Gasteiger partial charge is 0.0570 e. The molecule has 1 aromatic rings. The molecule has 0 atom stereocenters. The van der Waals surface area contributed by atoms with Gasteiger partial charge in [-0.15, -0.1) is 0 Å². The summed E-state index contributed by atoms with van der Waals surface area (Å²) < 4.78 is 1.80. The van der Waals surface area contributed by atoms with Crippen LogP contribution in [0.5, 0.6) is 0 Å². The van der Waals surface area contributed by atoms with Crippen LogP contribution >= 0.6 is 0 Å². The lowest BCUT2D eigenvalue weighted by Crippen LogP contribution is -2.43. The topological polar surface area (TPSA) is 50.1 Å². The van der Waals surface area contributed by atoms with Crippen molar-refractivity contribution in [1.82, 2.24) is 15.1 Å². The van der Waals surface area contributed by atoms with Crippen LogP contribution < -0.4 is 5.32 Å². The van der Waals surface area contributed by atoms with Crippen LogP contribution in [-0.2, 0) is 13.6 Å². The first kappa shape index (κ1) is 8.72. The van der Waals surface area contributed by atoms with E-state index in [1.807, 2.05) is 19.4 Å². The van der Waals surface area contributed by atoms with Gasteiger partial charge in [-0.3, -0.25) is 4.68 Å². The summed E-state index contributed by atoms with van der Waals surface area (Å²) in [5, 5.41) is 16.5. The van der Waals surface area contributed by atoms with E-state index in [4.69, 9.17) is 5.11 Å². The molecule has 1 aromatic heterocycles. The largest absolute Gasteiger partial charge is 0.393 e. The molecule has 4 heteroatoms. The first-order valence-electron chi connectivity index (χ1n) is 4.63. The number of hydrogen-bond donors (Lipinski definition) is 2. The highest BCUT2D eigenvalue weighted by atomic mass is 16.3. The van der Waals surface area contributed by atoms with E-state index in [1.54, 1.807) is 4.68 Å². The summed E-state index contributed by atoms with van der Waals surface area (Å²) in [4.78, 5) is 0. The highest BCUT2D eigenvalue weighted by Crippen LogP contribution is 2.19. The van der Waals surface area contributed by atoms with Gasteiger partial charge in [-0.25, -0.2) is 0 Å². The normalized spacial score (nSPS) is 27.2. The quantitative estimate of drug-likeness (QED) is 0.692. The average molecular weight is 181 g/mol. The van der Waals surface area contributed by atoms with Crippen LogP contribution in [0.25, 0.3) is 0 Å². The van der Waals surface area contributed by atoms with E-state index in [0.29, 0.717) is 6.04 Å². The Kier molecular flexibility index (Phi) is 2.33. The fraction of sp³-hybridized carbons (Fsp3) is 0.667. The molecular formula is C9H15N3O. The van der Waals surface area contributed by atoms with Crippen molar-refractivity contribution < 1.29 is 5.11 Å². The van der Waals surface area contributed by atoms with E-state index in [9.17, 15) is 0 Å². The fourth-order valence-electron chi connectivity index (χ4n) is 1.58. The standard InChI is InChI=1S/C9H15N3O/c1-12-6-7(5-11-12)4-10-8-2-9(13)3-8/h5-6,8-10,13H,2-4H2,1H3. The molecule has 2 rings (SSSR count). The maximum absolute atomic E-state index is 9.06. The van der Waals surface area contributed by atoms with Crippen LogP contribution in [0.4, 0.5) is 0 Å². The van der Waals surface area contributed by atoms with Gasteiger partial charge in [0.15, 0.2) is 0 Å². The second kappa shape index (κ2) is 3.47. The van der Waals surface area contributed by atoms with Gasteiger partial charge < -0.3 is 10.4 Å². The Hall–Kier alpha value is -0.870. The third-order valence-electron chi connectivity index (χ3n) is 2.47. The Bertz CT molecular complexity index is 278. The average Bonchev–Trinajstić information content (AvgIpc) is 2.43. The fourth-order valence-corrected chi connectivity index (χ4v) is 1.58. The van der Waals surface area contributed by atoms with Gasteiger partial charge in [0.2, 0.25) is 0 Å². The van der Waals surface area contributed by atoms with Crippen LogP contribution in [0.3, 0.4) is 0 Å². The molecule has 1 saturated carbocycles. The van der Waals surface area contributed by atoms with Crippen molar-refractivity contribution >= 4 is 0 Å². The van der Waals surface area contributed by atoms with Gasteiger partial charge >= 0.3 is 0 Å². The van der Waals surface area contributed by atoms with Crippen LogP contribution in [-0.4, -0.2) is 27.0 Å². The highest BCUT2D eigenvalue weighted by molar-refractivity contribution is 5.03. The van der Waals surface area contributed by atoms with E-state index in [1.165, 1.54) is 5.56 Å². The molecule has 0 aromatic carbocycles. The minimum Gasteiger partial charge on any atom is -0.393 e. The van der Waals surface area contributed by atoms with E-state index < -0.39 is 0 Å². The molecule has 2 N–H and O–H groups in total. The van der Waals surface area contributed by atoms with Gasteiger partial charge in [0.1, 0.15) is 0 Å². The Morgan fingerprint density at radius 2 is 2.46 bits per heavy atom. The summed E-state index contributed by atoms with van der Waals surface area (Å²) in [6.07, 6.45) is 5.57. The maximum Gasteiger partial charge on any atom is 0.0570 e. The zero-order chi connectivity index (χ0) is 9.26. The first-order valence-corrected chi connectivity index (χ1v) is 4.63. The molecule has 72 valence electrons. The Morgan fingerprint density at radius 3 is 3.00 bits per heavy atom. The minimum atomic E-state index is -0.0774. The second-order valence-electron chi connectivity index (χ2n) is 3.73. The monoisotopic (exact) mass is 181 g/mol. The van der Waals surface area contributed by atoms with Crippen LogP contribution in [0.1, 0.15) is 18.4 Å². The zero-order valence-electron chi connectivity index (χ0n) is 7.77. The Balaban J connectivity index is 1.74. The maximum atomic E-state index is 9.06. The highest BCUT2D eigenvalue weighted by Gasteiger charge is 2.26. The molecule has 0 unspecified atom stereocenters. The van der Waals surface area contributed by atoms with Crippen LogP contribution in [0, 0.1) is 0 Å². The molecule has 0 bridgehead atoms. The van der Waals surface area contributed by atoms with E-state index in [0.717, 1.165) is 19.4 Å². The van der Waals surface area contributed by atoms with E-state index in [2.05, 4.69) is 10.4 Å². The third kappa shape index (κ3) is 2.08. The number of rotatable bonds is 3. The van der Waals surface area contributed by atoms with Crippen molar-refractivity contribution in [3.63, 3.8) is 0 Å². The number of nitrogens with zero attached hydrogens (tertiary/aromatic N) is 2. The van der Waals surface area contributed by atoms with Crippen molar-refractivity contribution in [3.8, 4) is 0 Å². The number of nitrogens with one attached hydrogen (secondary N) is 1. The van der Waals surface area contributed by atoms with Gasteiger partial charge in [0.25, 0.3) is 0 Å². The molecule has 1 fully saturated rings. The summed E-state index contributed by atoms with van der Waals surface area (Å²) in [7, 11) is 1.91. The number of aryl methyl sites for hydroxylation is 1. The lowest BCUT2D eigenvalue weighted by molar-refractivity contribution is 0.0619. The van der Waals surface area contributed by atoms with Crippen molar-refractivity contribution in [2.45, 2.75) is 31.5 Å². The predicted molar refractivity (Wildman–Crippen MR) is 49.1 cm³/mol. The number of hydrogen-bond acceptors (Lipinski definition) is 3. The van der Waals surface area contributed by atoms with Gasteiger partial charge in [-0.2, -0.15) is 5.10 Å². The SMILES string of the molecule is Cn1cc(CNC2CC(O)C2)cn1. The van der Waals surface area contributed by atoms with Crippen molar-refractivity contribution in [2.24, 2.45) is 7.05 Å². The molecule has 0 amide bonds. The summed E-state index contributed by atoms with van der Waals surface area (Å²) in [6.45, 7) is 0.852. The van der Waals surface area contributed by atoms with Crippen molar-refractivity contribution in [2.75, 3.05) is 0 Å². The predicted octanol–water partition coefficient (Wildman–Crippen LogP) is 0.0330. The molecule has 0 radical (unpaired) electrons.